The Bertz CT molecular complexity index is 434. The summed E-state index contributed by atoms with van der Waals surface area (Å²) in [6.45, 7) is 15.0. The summed E-state index contributed by atoms with van der Waals surface area (Å²) < 4.78 is 6.44. The van der Waals surface area contributed by atoms with E-state index in [1.54, 1.807) is 0 Å². The molecule has 1 aromatic rings. The molecule has 0 fully saturated rings. The highest BCUT2D eigenvalue weighted by Gasteiger charge is 2.39. The molecule has 1 N–H and O–H groups in total. The van der Waals surface area contributed by atoms with Crippen molar-refractivity contribution in [3.05, 3.63) is 48.6 Å². The largest absolute Gasteiger partial charge is 0.414 e. The van der Waals surface area contributed by atoms with Crippen molar-refractivity contribution in [1.82, 2.24) is 0 Å². The Balaban J connectivity index is 2.76. The van der Waals surface area contributed by atoms with Crippen LogP contribution in [-0.2, 0) is 4.43 Å². The van der Waals surface area contributed by atoms with Gasteiger partial charge in [0.1, 0.15) is 0 Å². The van der Waals surface area contributed by atoms with Crippen molar-refractivity contribution < 1.29 is 9.53 Å². The Morgan fingerprint density at radius 1 is 1.24 bits per heavy atom. The lowest BCUT2D eigenvalue weighted by molar-refractivity contribution is 0.0877. The molecule has 0 spiro atoms. The maximum absolute atomic E-state index is 10.4. The molecule has 0 bridgehead atoms. The van der Waals surface area contributed by atoms with Gasteiger partial charge in [-0.2, -0.15) is 0 Å². The van der Waals surface area contributed by atoms with E-state index in [1.807, 2.05) is 36.4 Å². The standard InChI is InChI=1S/C18H30O2Si/c1-7-11-16(20-21(5,6)18(2,3)4)14-17(19)15-12-9-8-10-13-15/h7-10,12-13,16-17,19H,1,11,14H2,2-6H3/t16-,17+/m1/s1. The van der Waals surface area contributed by atoms with E-state index in [0.29, 0.717) is 6.42 Å². The fourth-order valence-electron chi connectivity index (χ4n) is 2.03. The topological polar surface area (TPSA) is 29.5 Å². The van der Waals surface area contributed by atoms with Crippen molar-refractivity contribution in [1.29, 1.82) is 0 Å². The summed E-state index contributed by atoms with van der Waals surface area (Å²) in [5, 5.41) is 10.6. The minimum Gasteiger partial charge on any atom is -0.414 e. The minimum absolute atomic E-state index is 0.0265. The van der Waals surface area contributed by atoms with Crippen molar-refractivity contribution in [3.63, 3.8) is 0 Å². The number of hydrogen-bond donors (Lipinski definition) is 1. The Morgan fingerprint density at radius 2 is 1.81 bits per heavy atom. The number of rotatable bonds is 7. The van der Waals surface area contributed by atoms with Crippen LogP contribution < -0.4 is 0 Å². The van der Waals surface area contributed by atoms with Crippen LogP contribution in [0.4, 0.5) is 0 Å². The zero-order valence-corrected chi connectivity index (χ0v) is 15.1. The summed E-state index contributed by atoms with van der Waals surface area (Å²) in [7, 11) is -1.83. The molecule has 3 heteroatoms. The van der Waals surface area contributed by atoms with E-state index in [-0.39, 0.29) is 11.1 Å². The molecule has 1 rings (SSSR count). The van der Waals surface area contributed by atoms with E-state index in [1.165, 1.54) is 0 Å². The summed E-state index contributed by atoms with van der Waals surface area (Å²) in [6, 6.07) is 9.79. The third-order valence-corrected chi connectivity index (χ3v) is 8.90. The van der Waals surface area contributed by atoms with Crippen LogP contribution in [0, 0.1) is 0 Å². The van der Waals surface area contributed by atoms with Gasteiger partial charge >= 0.3 is 0 Å². The lowest BCUT2D eigenvalue weighted by Gasteiger charge is -2.39. The van der Waals surface area contributed by atoms with Crippen molar-refractivity contribution in [3.8, 4) is 0 Å². The van der Waals surface area contributed by atoms with Gasteiger partial charge in [0.05, 0.1) is 12.2 Å². The van der Waals surface area contributed by atoms with Crippen LogP contribution in [-0.4, -0.2) is 19.5 Å². The summed E-state index contributed by atoms with van der Waals surface area (Å²) in [4.78, 5) is 0. The van der Waals surface area contributed by atoms with Gasteiger partial charge in [-0.05, 0) is 30.1 Å². The second kappa shape index (κ2) is 7.39. The van der Waals surface area contributed by atoms with Crippen molar-refractivity contribution in [2.45, 2.75) is 64.0 Å². The summed E-state index contributed by atoms with van der Waals surface area (Å²) in [6.07, 6.45) is 2.81. The number of aliphatic hydroxyl groups is 1. The van der Waals surface area contributed by atoms with Gasteiger partial charge in [0.15, 0.2) is 8.32 Å². The van der Waals surface area contributed by atoms with E-state index in [2.05, 4.69) is 40.4 Å². The second-order valence-corrected chi connectivity index (χ2v) is 11.9. The second-order valence-electron chi connectivity index (χ2n) is 7.19. The number of aliphatic hydroxyl groups excluding tert-OH is 1. The number of benzene rings is 1. The van der Waals surface area contributed by atoms with Crippen LogP contribution >= 0.6 is 0 Å². The quantitative estimate of drug-likeness (QED) is 0.562. The number of hydrogen-bond acceptors (Lipinski definition) is 2. The molecule has 0 saturated carbocycles. The predicted molar refractivity (Wildman–Crippen MR) is 92.9 cm³/mol. The average molecular weight is 307 g/mol. The first-order chi connectivity index (χ1) is 9.67. The monoisotopic (exact) mass is 306 g/mol. The molecule has 1 aromatic carbocycles. The Morgan fingerprint density at radius 3 is 2.29 bits per heavy atom. The van der Waals surface area contributed by atoms with E-state index < -0.39 is 14.4 Å². The van der Waals surface area contributed by atoms with Crippen LogP contribution in [0.2, 0.25) is 18.1 Å². The first kappa shape index (κ1) is 18.1. The molecule has 21 heavy (non-hydrogen) atoms. The Labute approximate surface area is 131 Å². The normalized spacial score (nSPS) is 15.5. The molecule has 0 heterocycles. The van der Waals surface area contributed by atoms with Crippen LogP contribution in [0.15, 0.2) is 43.0 Å². The fourth-order valence-corrected chi connectivity index (χ4v) is 3.41. The molecule has 0 saturated heterocycles. The van der Waals surface area contributed by atoms with Gasteiger partial charge in [-0.25, -0.2) is 0 Å². The molecule has 0 amide bonds. The highest BCUT2D eigenvalue weighted by Crippen LogP contribution is 2.38. The van der Waals surface area contributed by atoms with E-state index >= 15 is 0 Å². The van der Waals surface area contributed by atoms with Gasteiger partial charge in [0.25, 0.3) is 0 Å². The smallest absolute Gasteiger partial charge is 0.192 e. The van der Waals surface area contributed by atoms with Gasteiger partial charge in [0.2, 0.25) is 0 Å². The highest BCUT2D eigenvalue weighted by molar-refractivity contribution is 6.74. The van der Waals surface area contributed by atoms with Crippen LogP contribution in [0.1, 0.15) is 45.3 Å². The van der Waals surface area contributed by atoms with Gasteiger partial charge in [0, 0.05) is 6.42 Å². The summed E-state index contributed by atoms with van der Waals surface area (Å²) in [5.74, 6) is 0. The fraction of sp³-hybridized carbons (Fsp3) is 0.556. The average Bonchev–Trinajstić information content (AvgIpc) is 2.38. The molecule has 0 aliphatic heterocycles. The molecular formula is C18H30O2Si. The summed E-state index contributed by atoms with van der Waals surface area (Å²) >= 11 is 0. The molecule has 0 radical (unpaired) electrons. The van der Waals surface area contributed by atoms with Gasteiger partial charge in [-0.3, -0.25) is 0 Å². The van der Waals surface area contributed by atoms with Gasteiger partial charge < -0.3 is 9.53 Å². The van der Waals surface area contributed by atoms with Crippen LogP contribution in [0.25, 0.3) is 0 Å². The maximum Gasteiger partial charge on any atom is 0.192 e. The van der Waals surface area contributed by atoms with Crippen molar-refractivity contribution in [2.75, 3.05) is 0 Å². The first-order valence-electron chi connectivity index (χ1n) is 7.69. The third-order valence-electron chi connectivity index (χ3n) is 4.37. The Kier molecular flexibility index (Phi) is 6.38. The summed E-state index contributed by atoms with van der Waals surface area (Å²) in [5.41, 5.74) is 0.949. The van der Waals surface area contributed by atoms with Gasteiger partial charge in [-0.1, -0.05) is 57.2 Å². The lowest BCUT2D eigenvalue weighted by atomic mass is 10.0. The van der Waals surface area contributed by atoms with Crippen LogP contribution in [0.5, 0.6) is 0 Å². The van der Waals surface area contributed by atoms with Crippen LogP contribution in [0.3, 0.4) is 0 Å². The zero-order valence-electron chi connectivity index (χ0n) is 14.1. The Hall–Kier alpha value is -0.903. The van der Waals surface area contributed by atoms with Gasteiger partial charge in [-0.15, -0.1) is 6.58 Å². The lowest BCUT2D eigenvalue weighted by Crippen LogP contribution is -2.44. The van der Waals surface area contributed by atoms with Crippen molar-refractivity contribution >= 4 is 8.32 Å². The third kappa shape index (κ3) is 5.42. The maximum atomic E-state index is 10.4. The van der Waals surface area contributed by atoms with E-state index in [0.717, 1.165) is 12.0 Å². The molecule has 118 valence electrons. The molecular weight excluding hydrogens is 276 g/mol. The van der Waals surface area contributed by atoms with E-state index in [4.69, 9.17) is 4.43 Å². The molecule has 0 aromatic heterocycles. The SMILES string of the molecule is C=CC[C@H](C[C@H](O)c1ccccc1)O[Si](C)(C)C(C)(C)C. The van der Waals surface area contributed by atoms with Crippen molar-refractivity contribution in [2.24, 2.45) is 0 Å². The molecule has 0 aliphatic rings. The van der Waals surface area contributed by atoms with E-state index in [9.17, 15) is 5.11 Å². The highest BCUT2D eigenvalue weighted by atomic mass is 28.4. The molecule has 2 atom stereocenters. The molecule has 2 nitrogen and oxygen atoms in total. The first-order valence-corrected chi connectivity index (χ1v) is 10.6. The zero-order chi connectivity index (χ0) is 16.1. The predicted octanol–water partition coefficient (Wildman–Crippen LogP) is 5.08. The molecule has 0 aliphatic carbocycles. The molecule has 0 unspecified atom stereocenters. The minimum atomic E-state index is -1.83.